The van der Waals surface area contributed by atoms with Crippen LogP contribution >= 0.6 is 0 Å². The number of nitrogens with one attached hydrogen (secondary N) is 1. The third kappa shape index (κ3) is 4.57. The van der Waals surface area contributed by atoms with E-state index in [4.69, 9.17) is 4.74 Å². The summed E-state index contributed by atoms with van der Waals surface area (Å²) in [5.74, 6) is 2.05. The molecular formula is C26H35N3O2. The molecule has 1 aromatic carbocycles. The highest BCUT2D eigenvalue weighted by Crippen LogP contribution is 2.42. The standard InChI is InChI=1S/C26H35N3O2/c1-18-16-23(18)26(30)29-15-5-8-22(24-13-14-27-28-24)25(29)17-31-21-11-9-20(10-12-21)19-6-3-2-4-7-19/h2-4,6-7,13-14,18,20-23,25H,5,8-12,15-17H2,1H3,(H,27,28)/t18-,20?,21?,22-,23-,25+/m1/s1. The average Bonchev–Trinajstić information content (AvgIpc) is 3.31. The second-order valence-corrected chi connectivity index (χ2v) is 9.90. The van der Waals surface area contributed by atoms with E-state index in [1.54, 1.807) is 0 Å². The van der Waals surface area contributed by atoms with E-state index in [2.05, 4.69) is 58.4 Å². The fraction of sp³-hybridized carbons (Fsp3) is 0.615. The van der Waals surface area contributed by atoms with E-state index in [1.807, 2.05) is 6.20 Å². The van der Waals surface area contributed by atoms with Gasteiger partial charge in [0.15, 0.2) is 0 Å². The van der Waals surface area contributed by atoms with Crippen LogP contribution in [-0.4, -0.2) is 46.3 Å². The molecule has 31 heavy (non-hydrogen) atoms. The summed E-state index contributed by atoms with van der Waals surface area (Å²) in [6.07, 6.45) is 9.89. The highest BCUT2D eigenvalue weighted by atomic mass is 16.5. The molecule has 1 saturated heterocycles. The van der Waals surface area contributed by atoms with Crippen LogP contribution in [0.3, 0.4) is 0 Å². The van der Waals surface area contributed by atoms with Crippen molar-refractivity contribution < 1.29 is 9.53 Å². The number of likely N-dealkylation sites (tertiary alicyclic amines) is 1. The Morgan fingerprint density at radius 1 is 1.13 bits per heavy atom. The average molecular weight is 422 g/mol. The lowest BCUT2D eigenvalue weighted by atomic mass is 9.82. The van der Waals surface area contributed by atoms with Gasteiger partial charge >= 0.3 is 0 Å². The highest BCUT2D eigenvalue weighted by Gasteiger charge is 2.46. The summed E-state index contributed by atoms with van der Waals surface area (Å²) in [7, 11) is 0. The highest BCUT2D eigenvalue weighted by molar-refractivity contribution is 5.82. The Kier molecular flexibility index (Phi) is 6.13. The van der Waals surface area contributed by atoms with Gasteiger partial charge in [-0.2, -0.15) is 5.10 Å². The van der Waals surface area contributed by atoms with Crippen LogP contribution in [-0.2, 0) is 9.53 Å². The van der Waals surface area contributed by atoms with Crippen LogP contribution < -0.4 is 0 Å². The number of hydrogen-bond acceptors (Lipinski definition) is 3. The first-order valence-corrected chi connectivity index (χ1v) is 12.2. The molecule has 0 spiro atoms. The molecule has 166 valence electrons. The van der Waals surface area contributed by atoms with Crippen LogP contribution in [0.1, 0.15) is 75.0 Å². The molecule has 1 aromatic heterocycles. The summed E-state index contributed by atoms with van der Waals surface area (Å²) in [6, 6.07) is 13.1. The summed E-state index contributed by atoms with van der Waals surface area (Å²) in [5.41, 5.74) is 2.60. The monoisotopic (exact) mass is 421 g/mol. The third-order valence-corrected chi connectivity index (χ3v) is 7.86. The lowest BCUT2D eigenvalue weighted by Crippen LogP contribution is -2.51. The number of carbonyl (C=O) groups excluding carboxylic acids is 1. The smallest absolute Gasteiger partial charge is 0.226 e. The first kappa shape index (κ1) is 20.7. The number of aromatic nitrogens is 2. The van der Waals surface area contributed by atoms with Crippen LogP contribution in [0.4, 0.5) is 0 Å². The number of carbonyl (C=O) groups is 1. The SMILES string of the molecule is C[C@@H]1C[C@H]1C(=O)N1CCC[C@H](c2ccn[nH]2)[C@@H]1COC1CCC(c2ccccc2)CC1. The zero-order chi connectivity index (χ0) is 21.2. The van der Waals surface area contributed by atoms with Crippen molar-refractivity contribution in [2.24, 2.45) is 11.8 Å². The van der Waals surface area contributed by atoms with Crippen LogP contribution in [0.15, 0.2) is 42.6 Å². The molecule has 0 unspecified atom stereocenters. The molecule has 3 fully saturated rings. The molecule has 1 N–H and O–H groups in total. The maximum absolute atomic E-state index is 13.2. The van der Waals surface area contributed by atoms with Crippen molar-refractivity contribution in [2.75, 3.05) is 13.2 Å². The van der Waals surface area contributed by atoms with Crippen molar-refractivity contribution in [2.45, 2.75) is 75.9 Å². The fourth-order valence-corrected chi connectivity index (χ4v) is 5.77. The van der Waals surface area contributed by atoms with Gasteiger partial charge < -0.3 is 9.64 Å². The molecule has 5 heteroatoms. The molecule has 1 aliphatic heterocycles. The molecule has 5 nitrogen and oxygen atoms in total. The van der Waals surface area contributed by atoms with E-state index >= 15 is 0 Å². The Labute approximate surface area is 185 Å². The Bertz CT molecular complexity index is 845. The second kappa shape index (κ2) is 9.15. The molecule has 0 bridgehead atoms. The van der Waals surface area contributed by atoms with Crippen molar-refractivity contribution >= 4 is 5.91 Å². The summed E-state index contributed by atoms with van der Waals surface area (Å²) in [6.45, 7) is 3.69. The minimum atomic E-state index is 0.112. The molecule has 5 rings (SSSR count). The van der Waals surface area contributed by atoms with Gasteiger partial charge in [-0.3, -0.25) is 9.89 Å². The molecule has 2 aromatic rings. The lowest BCUT2D eigenvalue weighted by molar-refractivity contribution is -0.140. The van der Waals surface area contributed by atoms with E-state index in [1.165, 1.54) is 18.4 Å². The molecular weight excluding hydrogens is 386 g/mol. The normalized spacial score (nSPS) is 33.3. The number of amides is 1. The van der Waals surface area contributed by atoms with Gasteiger partial charge in [0.05, 0.1) is 18.8 Å². The second-order valence-electron chi connectivity index (χ2n) is 9.90. The molecule has 2 heterocycles. The minimum Gasteiger partial charge on any atom is -0.376 e. The summed E-state index contributed by atoms with van der Waals surface area (Å²) < 4.78 is 6.51. The number of nitrogens with zero attached hydrogens (tertiary/aromatic N) is 2. The number of aromatic amines is 1. The number of rotatable bonds is 6. The Morgan fingerprint density at radius 2 is 1.90 bits per heavy atom. The van der Waals surface area contributed by atoms with Gasteiger partial charge in [-0.05, 0) is 68.4 Å². The summed E-state index contributed by atoms with van der Waals surface area (Å²) in [4.78, 5) is 15.3. The fourth-order valence-electron chi connectivity index (χ4n) is 5.77. The van der Waals surface area contributed by atoms with E-state index in [0.717, 1.165) is 44.3 Å². The zero-order valence-corrected chi connectivity index (χ0v) is 18.6. The lowest BCUT2D eigenvalue weighted by Gasteiger charge is -2.42. The maximum Gasteiger partial charge on any atom is 0.226 e. The van der Waals surface area contributed by atoms with E-state index < -0.39 is 0 Å². The number of benzene rings is 1. The Morgan fingerprint density at radius 3 is 2.58 bits per heavy atom. The minimum absolute atomic E-state index is 0.112. The molecule has 2 aliphatic carbocycles. The number of hydrogen-bond donors (Lipinski definition) is 1. The predicted molar refractivity (Wildman–Crippen MR) is 121 cm³/mol. The van der Waals surface area contributed by atoms with E-state index in [-0.39, 0.29) is 17.9 Å². The van der Waals surface area contributed by atoms with Crippen LogP contribution in [0.5, 0.6) is 0 Å². The van der Waals surface area contributed by atoms with Gasteiger partial charge in [-0.25, -0.2) is 0 Å². The van der Waals surface area contributed by atoms with Crippen LogP contribution in [0, 0.1) is 11.8 Å². The van der Waals surface area contributed by atoms with Gasteiger partial charge in [0, 0.05) is 30.3 Å². The molecule has 2 saturated carbocycles. The topological polar surface area (TPSA) is 58.2 Å². The number of ether oxygens (including phenoxy) is 1. The quantitative estimate of drug-likeness (QED) is 0.723. The number of H-pyrrole nitrogens is 1. The van der Waals surface area contributed by atoms with E-state index in [9.17, 15) is 4.79 Å². The molecule has 1 amide bonds. The van der Waals surface area contributed by atoms with Crippen molar-refractivity contribution in [3.63, 3.8) is 0 Å². The van der Waals surface area contributed by atoms with Crippen molar-refractivity contribution in [3.05, 3.63) is 53.9 Å². The van der Waals surface area contributed by atoms with Crippen molar-refractivity contribution in [1.29, 1.82) is 0 Å². The first-order valence-electron chi connectivity index (χ1n) is 12.2. The first-order chi connectivity index (χ1) is 15.2. The summed E-state index contributed by atoms with van der Waals surface area (Å²) in [5, 5.41) is 7.35. The van der Waals surface area contributed by atoms with E-state index in [0.29, 0.717) is 30.5 Å². The Balaban J connectivity index is 1.23. The van der Waals surface area contributed by atoms with Crippen molar-refractivity contribution in [3.8, 4) is 0 Å². The maximum atomic E-state index is 13.2. The van der Waals surface area contributed by atoms with Crippen LogP contribution in [0.25, 0.3) is 0 Å². The Hall–Kier alpha value is -2.14. The summed E-state index contributed by atoms with van der Waals surface area (Å²) >= 11 is 0. The van der Waals surface area contributed by atoms with Gasteiger partial charge in [0.2, 0.25) is 5.91 Å². The van der Waals surface area contributed by atoms with Crippen LogP contribution in [0.2, 0.25) is 0 Å². The van der Waals surface area contributed by atoms with Gasteiger partial charge in [0.25, 0.3) is 0 Å². The van der Waals surface area contributed by atoms with Gasteiger partial charge in [0.1, 0.15) is 0 Å². The largest absolute Gasteiger partial charge is 0.376 e. The number of piperidine rings is 1. The molecule has 3 aliphatic rings. The molecule has 0 radical (unpaired) electrons. The molecule has 4 atom stereocenters. The van der Waals surface area contributed by atoms with Gasteiger partial charge in [-0.1, -0.05) is 37.3 Å². The van der Waals surface area contributed by atoms with Crippen molar-refractivity contribution in [1.82, 2.24) is 15.1 Å². The third-order valence-electron chi connectivity index (χ3n) is 7.86. The van der Waals surface area contributed by atoms with Gasteiger partial charge in [-0.15, -0.1) is 0 Å². The predicted octanol–water partition coefficient (Wildman–Crippen LogP) is 4.88. The zero-order valence-electron chi connectivity index (χ0n) is 18.6.